The molecule has 16 heavy (non-hydrogen) atoms. The maximum absolute atomic E-state index is 8.48. The summed E-state index contributed by atoms with van der Waals surface area (Å²) >= 11 is 6.03. The quantitative estimate of drug-likeness (QED) is 0.741. The van der Waals surface area contributed by atoms with E-state index in [0.29, 0.717) is 17.2 Å². The number of aryl methyl sites for hydroxylation is 1. The number of nitriles is 1. The molecule has 0 aliphatic heterocycles. The molecule has 0 saturated heterocycles. The summed E-state index contributed by atoms with van der Waals surface area (Å²) in [6.07, 6.45) is 2.11. The van der Waals surface area contributed by atoms with E-state index < -0.39 is 0 Å². The number of hydrogen-bond donors (Lipinski definition) is 0. The van der Waals surface area contributed by atoms with Gasteiger partial charge < -0.3 is 9.47 Å². The summed E-state index contributed by atoms with van der Waals surface area (Å²) in [6, 6.07) is 5.71. The van der Waals surface area contributed by atoms with Crippen LogP contribution in [0.15, 0.2) is 12.1 Å². The molecule has 4 heteroatoms. The zero-order chi connectivity index (χ0) is 12.0. The van der Waals surface area contributed by atoms with Gasteiger partial charge in [-0.15, -0.1) is 0 Å². The van der Waals surface area contributed by atoms with Crippen molar-refractivity contribution in [3.63, 3.8) is 0 Å². The SMILES string of the molecule is COc1cc(OC)c(CCCC#N)cc1Cl. The molecule has 1 aromatic rings. The molecule has 1 aromatic carbocycles. The molecule has 0 spiro atoms. The van der Waals surface area contributed by atoms with Crippen LogP contribution in [0.3, 0.4) is 0 Å². The third-order valence-corrected chi connectivity index (χ3v) is 2.58. The molecule has 0 N–H and O–H groups in total. The molecule has 0 unspecified atom stereocenters. The molecule has 0 aromatic heterocycles. The highest BCUT2D eigenvalue weighted by molar-refractivity contribution is 6.32. The van der Waals surface area contributed by atoms with Crippen molar-refractivity contribution >= 4 is 11.6 Å². The lowest BCUT2D eigenvalue weighted by molar-refractivity contribution is 0.391. The van der Waals surface area contributed by atoms with E-state index in [1.807, 2.05) is 6.07 Å². The number of nitrogens with zero attached hydrogens (tertiary/aromatic N) is 1. The molecule has 0 heterocycles. The van der Waals surface area contributed by atoms with Crippen LogP contribution in [-0.2, 0) is 6.42 Å². The topological polar surface area (TPSA) is 42.2 Å². The Kier molecular flexibility index (Phi) is 4.94. The Hall–Kier alpha value is -1.40. The van der Waals surface area contributed by atoms with Gasteiger partial charge in [0.1, 0.15) is 11.5 Å². The lowest BCUT2D eigenvalue weighted by atomic mass is 10.1. The van der Waals surface area contributed by atoms with Crippen molar-refractivity contribution < 1.29 is 9.47 Å². The van der Waals surface area contributed by atoms with Gasteiger partial charge in [-0.25, -0.2) is 0 Å². The van der Waals surface area contributed by atoms with E-state index in [4.69, 9.17) is 26.3 Å². The van der Waals surface area contributed by atoms with Crippen molar-refractivity contribution in [1.29, 1.82) is 5.26 Å². The first kappa shape index (κ1) is 12.7. The Balaban J connectivity index is 2.90. The van der Waals surface area contributed by atoms with Crippen LogP contribution in [-0.4, -0.2) is 14.2 Å². The van der Waals surface area contributed by atoms with Crippen LogP contribution in [0.5, 0.6) is 11.5 Å². The summed E-state index contributed by atoms with van der Waals surface area (Å²) in [5, 5.41) is 9.05. The molecule has 0 atom stereocenters. The summed E-state index contributed by atoms with van der Waals surface area (Å²) in [6.45, 7) is 0. The zero-order valence-electron chi connectivity index (χ0n) is 9.42. The van der Waals surface area contributed by atoms with E-state index in [2.05, 4.69) is 6.07 Å². The molecule has 0 fully saturated rings. The highest BCUT2D eigenvalue weighted by Crippen LogP contribution is 2.33. The van der Waals surface area contributed by atoms with Gasteiger partial charge in [-0.2, -0.15) is 5.26 Å². The number of ether oxygens (including phenoxy) is 2. The normalized spacial score (nSPS) is 9.62. The van der Waals surface area contributed by atoms with Crippen molar-refractivity contribution in [3.8, 4) is 17.6 Å². The molecule has 1 rings (SSSR count). The van der Waals surface area contributed by atoms with Gasteiger partial charge in [0.2, 0.25) is 0 Å². The fourth-order valence-corrected chi connectivity index (χ4v) is 1.74. The number of halogens is 1. The van der Waals surface area contributed by atoms with Crippen LogP contribution < -0.4 is 9.47 Å². The predicted octanol–water partition coefficient (Wildman–Crippen LogP) is 3.20. The minimum atomic E-state index is 0.535. The Morgan fingerprint density at radius 3 is 2.50 bits per heavy atom. The predicted molar refractivity (Wildman–Crippen MR) is 63.1 cm³/mol. The molecule has 3 nitrogen and oxygen atoms in total. The minimum Gasteiger partial charge on any atom is -0.496 e. The van der Waals surface area contributed by atoms with Crippen molar-refractivity contribution in [2.24, 2.45) is 0 Å². The Morgan fingerprint density at radius 1 is 1.25 bits per heavy atom. The summed E-state index contributed by atoms with van der Waals surface area (Å²) in [7, 11) is 3.17. The van der Waals surface area contributed by atoms with Crippen LogP contribution in [0.1, 0.15) is 18.4 Å². The Morgan fingerprint density at radius 2 is 1.94 bits per heavy atom. The second-order valence-electron chi connectivity index (χ2n) is 3.31. The highest BCUT2D eigenvalue weighted by atomic mass is 35.5. The van der Waals surface area contributed by atoms with Gasteiger partial charge in [0.15, 0.2) is 0 Å². The van der Waals surface area contributed by atoms with E-state index in [1.165, 1.54) is 0 Å². The minimum absolute atomic E-state index is 0.535. The summed E-state index contributed by atoms with van der Waals surface area (Å²) in [5.41, 5.74) is 1.00. The van der Waals surface area contributed by atoms with Crippen LogP contribution in [0.25, 0.3) is 0 Å². The average Bonchev–Trinajstić information content (AvgIpc) is 2.30. The van der Waals surface area contributed by atoms with Gasteiger partial charge in [0, 0.05) is 12.5 Å². The third kappa shape index (κ3) is 3.04. The smallest absolute Gasteiger partial charge is 0.141 e. The van der Waals surface area contributed by atoms with Crippen molar-refractivity contribution in [1.82, 2.24) is 0 Å². The van der Waals surface area contributed by atoms with Gasteiger partial charge in [-0.3, -0.25) is 0 Å². The molecule has 86 valence electrons. The fourth-order valence-electron chi connectivity index (χ4n) is 1.48. The average molecular weight is 240 g/mol. The first-order chi connectivity index (χ1) is 7.72. The van der Waals surface area contributed by atoms with Gasteiger partial charge in [0.25, 0.3) is 0 Å². The number of rotatable bonds is 5. The van der Waals surface area contributed by atoms with Gasteiger partial charge in [-0.05, 0) is 24.5 Å². The molecule has 0 aliphatic carbocycles. The fraction of sp³-hybridized carbons (Fsp3) is 0.417. The standard InChI is InChI=1S/C12H14ClNO2/c1-15-11-8-12(16-2)10(13)7-9(11)5-3-4-6-14/h7-8H,3-5H2,1-2H3. The molecule has 0 bridgehead atoms. The molecule has 0 aliphatic rings. The highest BCUT2D eigenvalue weighted by Gasteiger charge is 2.09. The molecular weight excluding hydrogens is 226 g/mol. The van der Waals surface area contributed by atoms with E-state index >= 15 is 0 Å². The van der Waals surface area contributed by atoms with Crippen LogP contribution in [0.2, 0.25) is 5.02 Å². The maximum atomic E-state index is 8.48. The number of methoxy groups -OCH3 is 2. The summed E-state index contributed by atoms with van der Waals surface area (Å²) in [5.74, 6) is 1.35. The lowest BCUT2D eigenvalue weighted by Crippen LogP contribution is -1.95. The molecule has 0 amide bonds. The zero-order valence-corrected chi connectivity index (χ0v) is 10.2. The van der Waals surface area contributed by atoms with Crippen molar-refractivity contribution in [3.05, 3.63) is 22.7 Å². The Bertz CT molecular complexity index is 399. The second kappa shape index (κ2) is 6.24. The first-order valence-electron chi connectivity index (χ1n) is 5.00. The third-order valence-electron chi connectivity index (χ3n) is 2.29. The molecule has 0 radical (unpaired) electrons. The van der Waals surface area contributed by atoms with Gasteiger partial charge >= 0.3 is 0 Å². The summed E-state index contributed by atoms with van der Waals surface area (Å²) in [4.78, 5) is 0. The van der Waals surface area contributed by atoms with Crippen molar-refractivity contribution in [2.75, 3.05) is 14.2 Å². The number of unbranched alkanes of at least 4 members (excludes halogenated alkanes) is 1. The first-order valence-corrected chi connectivity index (χ1v) is 5.38. The monoisotopic (exact) mass is 239 g/mol. The Labute approximate surface area is 101 Å². The summed E-state index contributed by atoms with van der Waals surface area (Å²) < 4.78 is 10.4. The largest absolute Gasteiger partial charge is 0.496 e. The van der Waals surface area contributed by atoms with E-state index in [-0.39, 0.29) is 0 Å². The van der Waals surface area contributed by atoms with Crippen LogP contribution >= 0.6 is 11.6 Å². The molecule has 0 saturated carbocycles. The van der Waals surface area contributed by atoms with Gasteiger partial charge in [0.05, 0.1) is 25.3 Å². The second-order valence-corrected chi connectivity index (χ2v) is 3.72. The van der Waals surface area contributed by atoms with Crippen LogP contribution in [0.4, 0.5) is 0 Å². The van der Waals surface area contributed by atoms with Crippen LogP contribution in [0, 0.1) is 11.3 Å². The van der Waals surface area contributed by atoms with Gasteiger partial charge in [-0.1, -0.05) is 11.6 Å². The molecular formula is C12H14ClNO2. The number of benzene rings is 1. The maximum Gasteiger partial charge on any atom is 0.141 e. The van der Waals surface area contributed by atoms with E-state index in [9.17, 15) is 0 Å². The lowest BCUT2D eigenvalue weighted by Gasteiger charge is -2.11. The van der Waals surface area contributed by atoms with E-state index in [0.717, 1.165) is 24.2 Å². The van der Waals surface area contributed by atoms with E-state index in [1.54, 1.807) is 20.3 Å². The number of hydrogen-bond acceptors (Lipinski definition) is 3. The van der Waals surface area contributed by atoms with Crippen molar-refractivity contribution in [2.45, 2.75) is 19.3 Å².